The van der Waals surface area contributed by atoms with Gasteiger partial charge in [-0.15, -0.1) is 35.3 Å². The van der Waals surface area contributed by atoms with Gasteiger partial charge >= 0.3 is 12.4 Å². The number of nitrogens with zero attached hydrogens (tertiary/aromatic N) is 9. The highest BCUT2D eigenvalue weighted by Crippen LogP contribution is 2.38. The monoisotopic (exact) mass is 1320 g/mol. The van der Waals surface area contributed by atoms with Crippen LogP contribution in [0.15, 0.2) is 217 Å². The van der Waals surface area contributed by atoms with Crippen molar-refractivity contribution in [3.8, 4) is 0 Å². The van der Waals surface area contributed by atoms with E-state index in [0.717, 1.165) is 68.2 Å². The topological polar surface area (TPSA) is 235 Å². The average molecular weight is 1330 g/mol. The number of aromatic amines is 2. The summed E-state index contributed by atoms with van der Waals surface area (Å²) in [6.45, 7) is 0. The Bertz CT molecular complexity index is 4570. The first kappa shape index (κ1) is 65.2. The fourth-order valence-corrected chi connectivity index (χ4v) is 12.5. The Kier molecular flexibility index (Phi) is 21.1. The molecule has 0 saturated heterocycles. The Morgan fingerprint density at radius 3 is 1.51 bits per heavy atom. The summed E-state index contributed by atoms with van der Waals surface area (Å²) in [6, 6.07) is 40.7. The summed E-state index contributed by atoms with van der Waals surface area (Å²) >= 11 is 4.55. The first-order chi connectivity index (χ1) is 45.5. The van der Waals surface area contributed by atoms with Crippen LogP contribution in [0.3, 0.4) is 0 Å². The summed E-state index contributed by atoms with van der Waals surface area (Å²) in [6.07, 6.45) is 10.1. The van der Waals surface area contributed by atoms with E-state index in [1.54, 1.807) is 66.6 Å². The summed E-state index contributed by atoms with van der Waals surface area (Å²) in [4.78, 5) is 67.3. The van der Waals surface area contributed by atoms with Crippen LogP contribution in [0.4, 0.5) is 43.4 Å². The van der Waals surface area contributed by atoms with Gasteiger partial charge in [0.1, 0.15) is 27.7 Å². The fraction of sp³-hybridized carbons (Fsp3) is 0.147. The quantitative estimate of drug-likeness (QED) is 0.0324. The smallest absolute Gasteiger partial charge is 0.322 e. The van der Waals surface area contributed by atoms with Gasteiger partial charge in [-0.25, -0.2) is 24.9 Å². The van der Waals surface area contributed by atoms with Gasteiger partial charge in [-0.1, -0.05) is 60.7 Å². The minimum atomic E-state index is -5.00. The Morgan fingerprint density at radius 1 is 0.457 bits per heavy atom. The van der Waals surface area contributed by atoms with E-state index >= 15 is 0 Å². The molecule has 6 aromatic carbocycles. The van der Waals surface area contributed by atoms with Crippen molar-refractivity contribution >= 4 is 92.1 Å². The molecule has 474 valence electrons. The lowest BCUT2D eigenvalue weighted by molar-refractivity contribution is -0.143. The first-order valence-corrected chi connectivity index (χ1v) is 32.0. The van der Waals surface area contributed by atoms with Crippen LogP contribution < -0.4 is 16.0 Å². The molecule has 0 fully saturated rings. The number of benzene rings is 6. The Hall–Kier alpha value is -10.3. The van der Waals surface area contributed by atoms with Gasteiger partial charge in [-0.3, -0.25) is 34.5 Å². The lowest BCUT2D eigenvalue weighted by Gasteiger charge is -2.19. The molecule has 6 heterocycles. The predicted octanol–water partition coefficient (Wildman–Crippen LogP) is 15.7. The molecule has 17 nitrogen and oxygen atoms in total. The van der Waals surface area contributed by atoms with Crippen molar-refractivity contribution in [2.75, 3.05) is 16.0 Å². The van der Waals surface area contributed by atoms with Crippen LogP contribution in [0, 0.1) is 0 Å². The highest BCUT2D eigenvalue weighted by Gasteiger charge is 2.37. The molecule has 0 unspecified atom stereocenters. The molecular weight excluding hydrogens is 1270 g/mol. The van der Waals surface area contributed by atoms with Gasteiger partial charge in [-0.2, -0.15) is 36.5 Å². The van der Waals surface area contributed by atoms with Gasteiger partial charge in [0.2, 0.25) is 0 Å². The minimum absolute atomic E-state index is 0.0000239. The Balaban J connectivity index is 0.000000144. The number of halogens is 6. The molecule has 94 heavy (non-hydrogen) atoms. The minimum Gasteiger partial charge on any atom is -0.322 e. The third kappa shape index (κ3) is 17.6. The van der Waals surface area contributed by atoms with Crippen molar-refractivity contribution in [2.45, 2.75) is 76.8 Å². The molecule has 0 bridgehead atoms. The van der Waals surface area contributed by atoms with Gasteiger partial charge in [0, 0.05) is 75.8 Å². The first-order valence-electron chi connectivity index (χ1n) is 29.1. The van der Waals surface area contributed by atoms with E-state index in [0.29, 0.717) is 56.8 Å². The molecular formula is C68H54F6N14O3S3. The third-order valence-corrected chi connectivity index (χ3v) is 17.7. The van der Waals surface area contributed by atoms with Gasteiger partial charge in [-0.05, 0) is 156 Å². The maximum absolute atomic E-state index is 13.0. The number of fused-ring (bicyclic) bond motifs is 3. The van der Waals surface area contributed by atoms with Crippen LogP contribution in [0.1, 0.15) is 94.0 Å². The number of nitrogens with one attached hydrogen (secondary N) is 5. The number of amides is 3. The van der Waals surface area contributed by atoms with Crippen LogP contribution in [0.5, 0.6) is 0 Å². The van der Waals surface area contributed by atoms with Crippen molar-refractivity contribution in [3.05, 3.63) is 268 Å². The molecule has 3 amide bonds. The number of aryl methyl sites for hydroxylation is 1. The number of aromatic nitrogens is 11. The van der Waals surface area contributed by atoms with Crippen LogP contribution >= 0.6 is 35.3 Å². The predicted molar refractivity (Wildman–Crippen MR) is 350 cm³/mol. The third-order valence-electron chi connectivity index (χ3n) is 14.5. The highest BCUT2D eigenvalue weighted by molar-refractivity contribution is 7.99. The van der Waals surface area contributed by atoms with Gasteiger partial charge in [0.15, 0.2) is 11.3 Å². The molecule has 1 aliphatic rings. The van der Waals surface area contributed by atoms with E-state index in [2.05, 4.69) is 77.3 Å². The van der Waals surface area contributed by atoms with Gasteiger partial charge in [0.05, 0.1) is 40.5 Å². The lowest BCUT2D eigenvalue weighted by atomic mass is 9.90. The number of H-pyrrole nitrogens is 2. The molecule has 1 aliphatic carbocycles. The van der Waals surface area contributed by atoms with Crippen LogP contribution in [-0.4, -0.2) is 73.0 Å². The van der Waals surface area contributed by atoms with E-state index in [-0.39, 0.29) is 23.4 Å². The van der Waals surface area contributed by atoms with Crippen molar-refractivity contribution in [3.63, 3.8) is 0 Å². The zero-order chi connectivity index (χ0) is 65.4. The second kappa shape index (κ2) is 30.4. The van der Waals surface area contributed by atoms with Crippen LogP contribution in [-0.2, 0) is 48.9 Å². The lowest BCUT2D eigenvalue weighted by Crippen LogP contribution is -2.16. The molecule has 0 spiro atoms. The molecule has 5 N–H and O–H groups in total. The maximum atomic E-state index is 13.0. The summed E-state index contributed by atoms with van der Waals surface area (Å²) in [5.41, 5.74) is 8.74. The molecule has 6 aromatic heterocycles. The highest BCUT2D eigenvalue weighted by atomic mass is 32.2. The SMILES string of the molecule is O=C(Nc1cc(C(F)(F)F)cc(C(F)(F)F)c1)c1cccc(CSc2cnccn2)c1.O=C(Nc1ccc(Cc2ccncc2)cc1)c1cccc(CSc2ncnc3[nH]ncc23)c1.O=C(Nc1cccc2c1CCCC2)c1cccc(CSc2ncnc3[nH]ncc23)c1. The zero-order valence-electron chi connectivity index (χ0n) is 49.5. The van der Waals surface area contributed by atoms with Crippen LogP contribution in [0.2, 0.25) is 0 Å². The number of thioether (sulfide) groups is 3. The Morgan fingerprint density at radius 2 is 0.968 bits per heavy atom. The molecule has 12 aromatic rings. The largest absolute Gasteiger partial charge is 0.416 e. The molecule has 13 rings (SSSR count). The molecule has 0 saturated carbocycles. The number of alkyl halides is 6. The van der Waals surface area contributed by atoms with E-state index in [9.17, 15) is 40.7 Å². The maximum Gasteiger partial charge on any atom is 0.416 e. The average Bonchev–Trinajstić information content (AvgIpc) is 0.997. The Labute approximate surface area is 546 Å². The molecule has 0 radical (unpaired) electrons. The number of hydrogen-bond donors (Lipinski definition) is 5. The molecule has 0 atom stereocenters. The standard InChI is InChI=1S/C25H20N6OS.C23H21N5OS.C20H13F6N3OS/c32-24(30-21-6-4-17(5-7-21)12-18-8-10-26-11-9-18)20-3-1-2-19(13-20)15-33-25-22-14-29-31-23(22)27-16-28-25;29-22(27-20-10-4-7-16-6-1-2-9-18(16)20)17-8-3-5-15(11-17)13-30-23-19-12-26-28-21(19)24-14-25-23;21-19(22,23)14-7-15(20(24,25)26)9-16(8-14)29-18(30)13-3-1-2-12(6-13)11-31-17-10-27-4-5-28-17/h1-11,13-14,16H,12,15H2,(H,30,32)(H,27,28,29,31);3-5,7-8,10-12,14H,1-2,6,9,13H2,(H,27,29)(H,24,25,26,28);1-10H,11H2,(H,29,30). The van der Waals surface area contributed by atoms with E-state index in [4.69, 9.17) is 0 Å². The number of carbonyl (C=O) groups is 3. The van der Waals surface area contributed by atoms with E-state index in [1.807, 2.05) is 97.1 Å². The van der Waals surface area contributed by atoms with Crippen molar-refractivity contribution in [1.82, 2.24) is 55.3 Å². The fourth-order valence-electron chi connectivity index (χ4n) is 9.91. The summed E-state index contributed by atoms with van der Waals surface area (Å²) in [5.74, 6) is 0.782. The summed E-state index contributed by atoms with van der Waals surface area (Å²) in [5, 5.41) is 26.2. The van der Waals surface area contributed by atoms with Gasteiger partial charge in [0.25, 0.3) is 17.7 Å². The normalized spacial score (nSPS) is 12.0. The number of rotatable bonds is 17. The number of anilines is 3. The number of pyridine rings is 1. The van der Waals surface area contributed by atoms with E-state index in [1.165, 1.54) is 84.0 Å². The van der Waals surface area contributed by atoms with Gasteiger partial charge < -0.3 is 16.0 Å². The summed E-state index contributed by atoms with van der Waals surface area (Å²) in [7, 11) is 0. The second-order valence-corrected chi connectivity index (χ2v) is 24.1. The van der Waals surface area contributed by atoms with E-state index < -0.39 is 35.1 Å². The number of hydrogen-bond acceptors (Lipinski definition) is 15. The zero-order valence-corrected chi connectivity index (χ0v) is 51.9. The molecule has 0 aliphatic heterocycles. The summed E-state index contributed by atoms with van der Waals surface area (Å²) < 4.78 is 77.9. The van der Waals surface area contributed by atoms with Crippen molar-refractivity contribution in [2.24, 2.45) is 0 Å². The number of carbonyl (C=O) groups excluding carboxylic acids is 3. The van der Waals surface area contributed by atoms with Crippen LogP contribution in [0.25, 0.3) is 22.1 Å². The molecule has 26 heteroatoms. The van der Waals surface area contributed by atoms with Crippen molar-refractivity contribution in [1.29, 1.82) is 0 Å². The van der Waals surface area contributed by atoms with Crippen molar-refractivity contribution < 1.29 is 40.7 Å². The second-order valence-electron chi connectivity index (χ2n) is 21.2.